The van der Waals surface area contributed by atoms with Crippen molar-refractivity contribution in [3.63, 3.8) is 0 Å². The van der Waals surface area contributed by atoms with Gasteiger partial charge in [0.1, 0.15) is 0 Å². The van der Waals surface area contributed by atoms with E-state index in [-0.39, 0.29) is 0 Å². The molecular weight excluding hydrogens is 238 g/mol. The van der Waals surface area contributed by atoms with Gasteiger partial charge in [0.05, 0.1) is 11.4 Å². The number of hydrogen-bond donors (Lipinski definition) is 0. The van der Waals surface area contributed by atoms with Crippen LogP contribution in [0.2, 0.25) is 0 Å². The molecule has 5 nitrogen and oxygen atoms in total. The van der Waals surface area contributed by atoms with Crippen LogP contribution in [0, 0.1) is 13.8 Å². The standard InChI is InChI=1S/C14H23N5/c1-6-12(8-13-9-19(7-2)17-15-13)14-10(3)16-18(5)11(14)4/h9,12H,6-8H2,1-5H3. The third-order valence-electron chi connectivity index (χ3n) is 3.83. The van der Waals surface area contributed by atoms with Crippen molar-refractivity contribution in [1.29, 1.82) is 0 Å². The van der Waals surface area contributed by atoms with Gasteiger partial charge in [0.2, 0.25) is 0 Å². The van der Waals surface area contributed by atoms with Crippen LogP contribution in [0.5, 0.6) is 0 Å². The van der Waals surface area contributed by atoms with E-state index in [0.29, 0.717) is 5.92 Å². The summed E-state index contributed by atoms with van der Waals surface area (Å²) in [5, 5.41) is 12.9. The van der Waals surface area contributed by atoms with Gasteiger partial charge in [0.15, 0.2) is 0 Å². The minimum absolute atomic E-state index is 0.468. The second-order valence-corrected chi connectivity index (χ2v) is 5.08. The lowest BCUT2D eigenvalue weighted by Crippen LogP contribution is -2.05. The van der Waals surface area contributed by atoms with Crippen LogP contribution in [0.15, 0.2) is 6.20 Å². The zero-order valence-electron chi connectivity index (χ0n) is 12.5. The van der Waals surface area contributed by atoms with Crippen LogP contribution >= 0.6 is 0 Å². The van der Waals surface area contributed by atoms with Gasteiger partial charge in [-0.05, 0) is 38.7 Å². The maximum atomic E-state index is 4.52. The first-order valence-electron chi connectivity index (χ1n) is 6.95. The second kappa shape index (κ2) is 5.55. The van der Waals surface area contributed by atoms with Gasteiger partial charge in [0, 0.05) is 31.9 Å². The zero-order chi connectivity index (χ0) is 14.0. The van der Waals surface area contributed by atoms with E-state index in [1.807, 2.05) is 22.6 Å². The Morgan fingerprint density at radius 2 is 2.00 bits per heavy atom. The van der Waals surface area contributed by atoms with Crippen LogP contribution in [0.1, 0.15) is 48.8 Å². The summed E-state index contributed by atoms with van der Waals surface area (Å²) in [6, 6.07) is 0. The molecule has 0 spiro atoms. The van der Waals surface area contributed by atoms with Crippen LogP contribution in [0.4, 0.5) is 0 Å². The van der Waals surface area contributed by atoms with E-state index in [4.69, 9.17) is 0 Å². The fourth-order valence-corrected chi connectivity index (χ4v) is 2.67. The van der Waals surface area contributed by atoms with Crippen molar-refractivity contribution < 1.29 is 0 Å². The quantitative estimate of drug-likeness (QED) is 0.830. The van der Waals surface area contributed by atoms with Crippen LogP contribution < -0.4 is 0 Å². The highest BCUT2D eigenvalue weighted by molar-refractivity contribution is 5.29. The van der Waals surface area contributed by atoms with E-state index in [1.165, 1.54) is 11.3 Å². The Balaban J connectivity index is 2.24. The SMILES string of the molecule is CCC(Cc1cn(CC)nn1)c1c(C)nn(C)c1C. The second-order valence-electron chi connectivity index (χ2n) is 5.08. The molecule has 1 atom stereocenters. The van der Waals surface area contributed by atoms with Gasteiger partial charge < -0.3 is 0 Å². The molecular formula is C14H23N5. The van der Waals surface area contributed by atoms with E-state index in [0.717, 1.165) is 30.8 Å². The third kappa shape index (κ3) is 2.69. The Bertz CT molecular complexity index is 552. The zero-order valence-corrected chi connectivity index (χ0v) is 12.5. The van der Waals surface area contributed by atoms with E-state index in [2.05, 4.69) is 43.1 Å². The number of hydrogen-bond acceptors (Lipinski definition) is 3. The first-order chi connectivity index (χ1) is 9.06. The number of rotatable bonds is 5. The number of aromatic nitrogens is 5. The summed E-state index contributed by atoms with van der Waals surface area (Å²) in [7, 11) is 2.01. The summed E-state index contributed by atoms with van der Waals surface area (Å²) in [5.74, 6) is 0.468. The highest BCUT2D eigenvalue weighted by Crippen LogP contribution is 2.28. The first-order valence-corrected chi connectivity index (χ1v) is 6.95. The van der Waals surface area contributed by atoms with Crippen molar-refractivity contribution in [2.75, 3.05) is 0 Å². The summed E-state index contributed by atoms with van der Waals surface area (Å²) < 4.78 is 3.85. The molecule has 5 heteroatoms. The van der Waals surface area contributed by atoms with Gasteiger partial charge in [-0.25, -0.2) is 0 Å². The fourth-order valence-electron chi connectivity index (χ4n) is 2.67. The molecule has 0 aliphatic carbocycles. The molecule has 1 unspecified atom stereocenters. The van der Waals surface area contributed by atoms with Crippen molar-refractivity contribution in [3.8, 4) is 0 Å². The van der Waals surface area contributed by atoms with Crippen molar-refractivity contribution in [2.24, 2.45) is 7.05 Å². The molecule has 104 valence electrons. The lowest BCUT2D eigenvalue weighted by Gasteiger charge is -2.14. The van der Waals surface area contributed by atoms with Crippen molar-refractivity contribution >= 4 is 0 Å². The Kier molecular flexibility index (Phi) is 4.02. The summed E-state index contributed by atoms with van der Waals surface area (Å²) in [6.07, 6.45) is 4.07. The van der Waals surface area contributed by atoms with Gasteiger partial charge in [-0.2, -0.15) is 5.10 Å². The summed E-state index contributed by atoms with van der Waals surface area (Å²) >= 11 is 0. The Labute approximate surface area is 114 Å². The predicted octanol–water partition coefficient (Wildman–Crippen LogP) is 2.38. The average Bonchev–Trinajstić information content (AvgIpc) is 2.93. The molecule has 2 aromatic rings. The highest BCUT2D eigenvalue weighted by atomic mass is 15.4. The molecule has 0 bridgehead atoms. The average molecular weight is 261 g/mol. The Hall–Kier alpha value is -1.65. The highest BCUT2D eigenvalue weighted by Gasteiger charge is 2.20. The normalized spacial score (nSPS) is 12.9. The molecule has 0 aromatic carbocycles. The minimum Gasteiger partial charge on any atom is -0.272 e. The van der Waals surface area contributed by atoms with Crippen molar-refractivity contribution in [1.82, 2.24) is 24.8 Å². The summed E-state index contributed by atoms with van der Waals surface area (Å²) in [6.45, 7) is 9.40. The maximum absolute atomic E-state index is 4.52. The van der Waals surface area contributed by atoms with Gasteiger partial charge in [-0.1, -0.05) is 12.1 Å². The molecule has 0 saturated carbocycles. The van der Waals surface area contributed by atoms with Crippen molar-refractivity contribution in [2.45, 2.75) is 53.0 Å². The molecule has 0 amide bonds. The third-order valence-corrected chi connectivity index (χ3v) is 3.83. The van der Waals surface area contributed by atoms with E-state index in [1.54, 1.807) is 0 Å². The number of nitrogens with zero attached hydrogens (tertiary/aromatic N) is 5. The molecule has 0 fully saturated rings. The summed E-state index contributed by atoms with van der Waals surface area (Å²) in [5.41, 5.74) is 4.83. The van der Waals surface area contributed by atoms with Gasteiger partial charge in [0.25, 0.3) is 0 Å². The molecule has 0 aliphatic rings. The van der Waals surface area contributed by atoms with Gasteiger partial charge in [-0.15, -0.1) is 5.10 Å². The minimum atomic E-state index is 0.468. The Morgan fingerprint density at radius 1 is 1.26 bits per heavy atom. The Morgan fingerprint density at radius 3 is 2.47 bits per heavy atom. The van der Waals surface area contributed by atoms with Crippen LogP contribution in [-0.4, -0.2) is 24.8 Å². The van der Waals surface area contributed by atoms with E-state index >= 15 is 0 Å². The lowest BCUT2D eigenvalue weighted by atomic mass is 9.90. The molecule has 2 aromatic heterocycles. The molecule has 2 rings (SSSR count). The van der Waals surface area contributed by atoms with E-state index < -0.39 is 0 Å². The largest absolute Gasteiger partial charge is 0.272 e. The van der Waals surface area contributed by atoms with Gasteiger partial charge in [-0.3, -0.25) is 9.36 Å². The van der Waals surface area contributed by atoms with Crippen molar-refractivity contribution in [3.05, 3.63) is 28.8 Å². The summed E-state index contributed by atoms with van der Waals surface area (Å²) in [4.78, 5) is 0. The molecule has 2 heterocycles. The lowest BCUT2D eigenvalue weighted by molar-refractivity contribution is 0.623. The molecule has 19 heavy (non-hydrogen) atoms. The molecule has 0 radical (unpaired) electrons. The van der Waals surface area contributed by atoms with Crippen LogP contribution in [0.25, 0.3) is 0 Å². The topological polar surface area (TPSA) is 48.5 Å². The van der Waals surface area contributed by atoms with Crippen LogP contribution in [0.3, 0.4) is 0 Å². The molecule has 0 aliphatic heterocycles. The molecule has 0 N–H and O–H groups in total. The maximum Gasteiger partial charge on any atom is 0.0833 e. The van der Waals surface area contributed by atoms with E-state index in [9.17, 15) is 0 Å². The fraction of sp³-hybridized carbons (Fsp3) is 0.643. The monoisotopic (exact) mass is 261 g/mol. The number of aryl methyl sites for hydroxylation is 3. The smallest absolute Gasteiger partial charge is 0.0833 e. The first kappa shape index (κ1) is 13.8. The predicted molar refractivity (Wildman–Crippen MR) is 75.1 cm³/mol. The van der Waals surface area contributed by atoms with Crippen LogP contribution in [-0.2, 0) is 20.0 Å². The molecule has 0 saturated heterocycles. The van der Waals surface area contributed by atoms with Gasteiger partial charge >= 0.3 is 0 Å².